The molecule has 4 rings (SSSR count). The molecular weight excluding hydrogens is 506 g/mol. The third kappa shape index (κ3) is 6.30. The predicted octanol–water partition coefficient (Wildman–Crippen LogP) is 6.53. The van der Waals surface area contributed by atoms with Gasteiger partial charge in [0, 0.05) is 11.1 Å². The van der Waals surface area contributed by atoms with Gasteiger partial charge in [0.1, 0.15) is 28.6 Å². The van der Waals surface area contributed by atoms with Crippen molar-refractivity contribution in [3.8, 4) is 17.2 Å². The van der Waals surface area contributed by atoms with Crippen LogP contribution in [0.2, 0.25) is 0 Å². The van der Waals surface area contributed by atoms with Crippen LogP contribution in [0.5, 0.6) is 17.2 Å². The number of carbonyl (C=O) groups excluding carboxylic acids is 2. The monoisotopic (exact) mass is 543 g/mol. The highest BCUT2D eigenvalue weighted by Gasteiger charge is 2.46. The number of ether oxygens (including phenoxy) is 2. The molecule has 1 unspecified atom stereocenters. The number of aliphatic hydroxyl groups is 1. The first kappa shape index (κ1) is 28.7. The van der Waals surface area contributed by atoms with E-state index >= 15 is 0 Å². The van der Waals surface area contributed by atoms with Gasteiger partial charge in [0.15, 0.2) is 0 Å². The van der Waals surface area contributed by atoms with Crippen molar-refractivity contribution in [2.75, 3.05) is 6.61 Å². The number of phenols is 1. The van der Waals surface area contributed by atoms with Crippen molar-refractivity contribution in [1.82, 2.24) is 4.90 Å². The molecule has 1 aliphatic heterocycles. The molecular formula is C33H37NO6. The molecule has 0 bridgehead atoms. The van der Waals surface area contributed by atoms with Gasteiger partial charge in [0.2, 0.25) is 0 Å². The molecule has 1 aliphatic rings. The van der Waals surface area contributed by atoms with Gasteiger partial charge in [-0.15, -0.1) is 0 Å². The largest absolute Gasteiger partial charge is 0.508 e. The van der Waals surface area contributed by atoms with Crippen LogP contribution >= 0.6 is 0 Å². The quantitative estimate of drug-likeness (QED) is 0.190. The summed E-state index contributed by atoms with van der Waals surface area (Å²) in [6.07, 6.45) is 0. The molecule has 0 radical (unpaired) electrons. The van der Waals surface area contributed by atoms with Gasteiger partial charge < -0.3 is 24.6 Å². The fraction of sp³-hybridized carbons (Fsp3) is 0.333. The molecule has 2 N–H and O–H groups in total. The lowest BCUT2D eigenvalue weighted by atomic mass is 9.94. The first-order valence-corrected chi connectivity index (χ1v) is 13.4. The summed E-state index contributed by atoms with van der Waals surface area (Å²) in [7, 11) is 0. The highest BCUT2D eigenvalue weighted by molar-refractivity contribution is 6.46. The van der Waals surface area contributed by atoms with Gasteiger partial charge in [-0.2, -0.15) is 0 Å². The smallest absolute Gasteiger partial charge is 0.295 e. The number of aromatic hydroxyl groups is 1. The number of phenolic OH excluding ortho intramolecular Hbond substituents is 1. The zero-order valence-electron chi connectivity index (χ0n) is 23.9. The molecule has 0 saturated carbocycles. The van der Waals surface area contributed by atoms with E-state index in [2.05, 4.69) is 13.8 Å². The van der Waals surface area contributed by atoms with Crippen molar-refractivity contribution in [3.05, 3.63) is 94.6 Å². The van der Waals surface area contributed by atoms with E-state index in [9.17, 15) is 19.8 Å². The van der Waals surface area contributed by atoms with E-state index in [1.165, 1.54) is 17.0 Å². The Morgan fingerprint density at radius 2 is 1.65 bits per heavy atom. The van der Waals surface area contributed by atoms with Crippen LogP contribution in [0.25, 0.3) is 5.76 Å². The fourth-order valence-electron chi connectivity index (χ4n) is 4.66. The number of aryl methyl sites for hydroxylation is 1. The number of hydrogen-bond acceptors (Lipinski definition) is 6. The Kier molecular flexibility index (Phi) is 8.24. The summed E-state index contributed by atoms with van der Waals surface area (Å²) in [5.41, 5.74) is 2.04. The number of aliphatic hydroxyl groups excluding tert-OH is 1. The van der Waals surface area contributed by atoms with E-state index in [4.69, 9.17) is 9.47 Å². The van der Waals surface area contributed by atoms with Crippen molar-refractivity contribution in [3.63, 3.8) is 0 Å². The number of nitrogens with zero attached hydrogens (tertiary/aromatic N) is 1. The summed E-state index contributed by atoms with van der Waals surface area (Å²) < 4.78 is 12.0. The molecule has 7 heteroatoms. The third-order valence-corrected chi connectivity index (χ3v) is 6.50. The average molecular weight is 544 g/mol. The normalized spacial score (nSPS) is 17.0. The van der Waals surface area contributed by atoms with Crippen molar-refractivity contribution in [1.29, 1.82) is 0 Å². The van der Waals surface area contributed by atoms with E-state index in [0.29, 0.717) is 35.2 Å². The SMILES string of the molecule is Cc1cc(/C(O)=C2/C(=O)C(=O)N(Cc3ccccc3OC(C)(C)C)C2c2ccc(O)cc2)ccc1OCC(C)C. The maximum Gasteiger partial charge on any atom is 0.295 e. The standard InChI is InChI=1S/C33H37NO6/c1-20(2)19-39-26-16-13-23(17-21(26)3)30(36)28-29(22-11-14-25(35)15-12-22)34(32(38)31(28)37)18-24-9-7-8-10-27(24)40-33(4,5)6/h7-17,20,29,35-36H,18-19H2,1-6H3/b30-28-. The van der Waals surface area contributed by atoms with E-state index in [0.717, 1.165) is 11.1 Å². The van der Waals surface area contributed by atoms with E-state index in [1.54, 1.807) is 30.3 Å². The van der Waals surface area contributed by atoms with E-state index in [-0.39, 0.29) is 23.6 Å². The maximum absolute atomic E-state index is 13.5. The summed E-state index contributed by atoms with van der Waals surface area (Å²) in [6, 6.07) is 18.0. The van der Waals surface area contributed by atoms with E-state index in [1.807, 2.05) is 52.0 Å². The molecule has 40 heavy (non-hydrogen) atoms. The van der Waals surface area contributed by atoms with Gasteiger partial charge in [-0.25, -0.2) is 0 Å². The Morgan fingerprint density at radius 1 is 0.975 bits per heavy atom. The molecule has 210 valence electrons. The number of likely N-dealkylation sites (tertiary alicyclic amines) is 1. The molecule has 0 spiro atoms. The average Bonchev–Trinajstić information content (AvgIpc) is 3.13. The van der Waals surface area contributed by atoms with Crippen LogP contribution in [0, 0.1) is 12.8 Å². The highest BCUT2D eigenvalue weighted by Crippen LogP contribution is 2.42. The van der Waals surface area contributed by atoms with Gasteiger partial charge in [-0.1, -0.05) is 44.2 Å². The number of benzene rings is 3. The van der Waals surface area contributed by atoms with Crippen LogP contribution in [0.4, 0.5) is 0 Å². The molecule has 1 fully saturated rings. The lowest BCUT2D eigenvalue weighted by molar-refractivity contribution is -0.140. The van der Waals surface area contributed by atoms with Crippen LogP contribution < -0.4 is 9.47 Å². The molecule has 1 saturated heterocycles. The lowest BCUT2D eigenvalue weighted by Crippen LogP contribution is -2.30. The molecule has 3 aromatic carbocycles. The van der Waals surface area contributed by atoms with E-state index < -0.39 is 23.3 Å². The Balaban J connectivity index is 1.80. The number of para-hydroxylation sites is 1. The molecule has 1 amide bonds. The number of carbonyl (C=O) groups is 2. The number of ketones is 1. The second-order valence-electron chi connectivity index (χ2n) is 11.5. The molecule has 0 aromatic heterocycles. The molecule has 3 aromatic rings. The summed E-state index contributed by atoms with van der Waals surface area (Å²) >= 11 is 0. The third-order valence-electron chi connectivity index (χ3n) is 6.50. The Bertz CT molecular complexity index is 1430. The van der Waals surface area contributed by atoms with Crippen LogP contribution in [0.1, 0.15) is 62.9 Å². The lowest BCUT2D eigenvalue weighted by Gasteiger charge is -2.28. The van der Waals surface area contributed by atoms with Gasteiger partial charge in [0.05, 0.1) is 24.8 Å². The summed E-state index contributed by atoms with van der Waals surface area (Å²) in [5, 5.41) is 21.4. The number of rotatable bonds is 8. The first-order valence-electron chi connectivity index (χ1n) is 13.4. The van der Waals surface area contributed by atoms with Crippen LogP contribution in [-0.4, -0.2) is 39.0 Å². The van der Waals surface area contributed by atoms with Gasteiger partial charge in [0.25, 0.3) is 11.7 Å². The summed E-state index contributed by atoms with van der Waals surface area (Å²) in [5.74, 6) is -0.0619. The second-order valence-corrected chi connectivity index (χ2v) is 11.5. The first-order chi connectivity index (χ1) is 18.9. The molecule has 1 atom stereocenters. The Morgan fingerprint density at radius 3 is 2.27 bits per heavy atom. The van der Waals surface area contributed by atoms with Gasteiger partial charge in [-0.05, 0) is 81.1 Å². The van der Waals surface area contributed by atoms with Crippen molar-refractivity contribution in [2.45, 2.75) is 59.7 Å². The molecule has 0 aliphatic carbocycles. The number of Topliss-reactive ketones (excluding diaryl/α,β-unsaturated/α-hetero) is 1. The minimum atomic E-state index is -0.875. The maximum atomic E-state index is 13.5. The van der Waals surface area contributed by atoms with Crippen LogP contribution in [-0.2, 0) is 16.1 Å². The van der Waals surface area contributed by atoms with Crippen molar-refractivity contribution >= 4 is 17.4 Å². The minimum absolute atomic E-state index is 0.0137. The predicted molar refractivity (Wildman–Crippen MR) is 154 cm³/mol. The fourth-order valence-corrected chi connectivity index (χ4v) is 4.66. The number of amides is 1. The van der Waals surface area contributed by atoms with Gasteiger partial charge >= 0.3 is 0 Å². The minimum Gasteiger partial charge on any atom is -0.508 e. The zero-order valence-corrected chi connectivity index (χ0v) is 23.9. The Hall–Kier alpha value is -4.26. The van der Waals surface area contributed by atoms with Crippen molar-refractivity contribution in [2.24, 2.45) is 5.92 Å². The number of hydrogen-bond donors (Lipinski definition) is 2. The second kappa shape index (κ2) is 11.5. The van der Waals surface area contributed by atoms with Crippen molar-refractivity contribution < 1.29 is 29.3 Å². The molecule has 1 heterocycles. The summed E-state index contributed by atoms with van der Waals surface area (Å²) in [4.78, 5) is 28.4. The highest BCUT2D eigenvalue weighted by atomic mass is 16.5. The topological polar surface area (TPSA) is 96.3 Å². The van der Waals surface area contributed by atoms with Gasteiger partial charge in [-0.3, -0.25) is 9.59 Å². The summed E-state index contributed by atoms with van der Waals surface area (Å²) in [6.45, 7) is 12.4. The molecule has 7 nitrogen and oxygen atoms in total. The Labute approximate surface area is 235 Å². The zero-order chi connectivity index (χ0) is 29.2. The van der Waals surface area contributed by atoms with Crippen LogP contribution in [0.15, 0.2) is 72.3 Å². The van der Waals surface area contributed by atoms with Crippen LogP contribution in [0.3, 0.4) is 0 Å².